The maximum atomic E-state index is 10.4. The third-order valence-electron chi connectivity index (χ3n) is 6.36. The molecule has 1 saturated heterocycles. The second-order valence-electron chi connectivity index (χ2n) is 8.76. The van der Waals surface area contributed by atoms with Crippen LogP contribution in [-0.4, -0.2) is 92.5 Å². The van der Waals surface area contributed by atoms with Gasteiger partial charge in [0.25, 0.3) is 0 Å². The van der Waals surface area contributed by atoms with Crippen LogP contribution in [0.15, 0.2) is 18.2 Å². The number of piperazine rings is 1. The summed E-state index contributed by atoms with van der Waals surface area (Å²) in [7, 11) is 5.97. The second kappa shape index (κ2) is 11.2. The molecule has 0 amide bonds. The van der Waals surface area contributed by atoms with Gasteiger partial charge >= 0.3 is 0 Å². The van der Waals surface area contributed by atoms with Gasteiger partial charge in [-0.1, -0.05) is 25.3 Å². The van der Waals surface area contributed by atoms with Crippen molar-refractivity contribution in [2.45, 2.75) is 50.8 Å². The maximum Gasteiger partial charge on any atom is 0.161 e. The van der Waals surface area contributed by atoms with Gasteiger partial charge in [-0.25, -0.2) is 0 Å². The standard InChI is InChI=1S/C23H39N3O3/c1-24-11-13-26(14-12-24)16-19-9-10-22(23(15-19)28-3)29-18-21(27)17-25(2)20-7-5-4-6-8-20/h9-10,15,20-21,27H,4-8,11-14,16-18H2,1-3H3. The van der Waals surface area contributed by atoms with Crippen LogP contribution in [0.2, 0.25) is 0 Å². The first-order valence-corrected chi connectivity index (χ1v) is 11.1. The number of aliphatic hydroxyl groups is 1. The molecule has 1 atom stereocenters. The van der Waals surface area contributed by atoms with Gasteiger partial charge in [0.05, 0.1) is 7.11 Å². The number of rotatable bonds is 9. The van der Waals surface area contributed by atoms with E-state index in [1.165, 1.54) is 37.7 Å². The first-order valence-electron chi connectivity index (χ1n) is 11.1. The monoisotopic (exact) mass is 405 g/mol. The Hall–Kier alpha value is -1.34. The highest BCUT2D eigenvalue weighted by atomic mass is 16.5. The van der Waals surface area contributed by atoms with E-state index in [0.29, 0.717) is 18.3 Å². The predicted octanol–water partition coefficient (Wildman–Crippen LogP) is 2.45. The first-order chi connectivity index (χ1) is 14.0. The zero-order valence-electron chi connectivity index (χ0n) is 18.5. The molecule has 1 unspecified atom stereocenters. The van der Waals surface area contributed by atoms with Crippen molar-refractivity contribution in [3.63, 3.8) is 0 Å². The number of ether oxygens (including phenoxy) is 2. The van der Waals surface area contributed by atoms with E-state index in [0.717, 1.165) is 38.5 Å². The van der Waals surface area contributed by atoms with Crippen molar-refractivity contribution >= 4 is 0 Å². The van der Waals surface area contributed by atoms with Crippen LogP contribution in [-0.2, 0) is 6.54 Å². The molecule has 0 bridgehead atoms. The predicted molar refractivity (Wildman–Crippen MR) is 117 cm³/mol. The molecule has 6 heteroatoms. The molecule has 0 spiro atoms. The Morgan fingerprint density at radius 1 is 1.10 bits per heavy atom. The van der Waals surface area contributed by atoms with Gasteiger partial charge in [0, 0.05) is 45.3 Å². The summed E-state index contributed by atoms with van der Waals surface area (Å²) in [5.74, 6) is 1.44. The lowest BCUT2D eigenvalue weighted by Crippen LogP contribution is -2.43. The van der Waals surface area contributed by atoms with Crippen LogP contribution in [0, 0.1) is 0 Å². The van der Waals surface area contributed by atoms with Gasteiger partial charge in [0.15, 0.2) is 11.5 Å². The molecule has 0 radical (unpaired) electrons. The number of hydrogen-bond acceptors (Lipinski definition) is 6. The van der Waals surface area contributed by atoms with Gasteiger partial charge in [0.1, 0.15) is 12.7 Å². The lowest BCUT2D eigenvalue weighted by Gasteiger charge is -2.32. The van der Waals surface area contributed by atoms with Crippen LogP contribution in [0.5, 0.6) is 11.5 Å². The van der Waals surface area contributed by atoms with Crippen LogP contribution in [0.3, 0.4) is 0 Å². The Bertz CT molecular complexity index is 613. The van der Waals surface area contributed by atoms with Crippen molar-refractivity contribution in [2.24, 2.45) is 0 Å². The van der Waals surface area contributed by atoms with Crippen molar-refractivity contribution in [1.29, 1.82) is 0 Å². The molecule has 2 aliphatic rings. The van der Waals surface area contributed by atoms with E-state index in [1.807, 2.05) is 6.07 Å². The van der Waals surface area contributed by atoms with E-state index in [1.54, 1.807) is 7.11 Å². The Morgan fingerprint density at radius 2 is 1.83 bits per heavy atom. The van der Waals surface area contributed by atoms with Crippen molar-refractivity contribution in [3.8, 4) is 11.5 Å². The minimum Gasteiger partial charge on any atom is -0.493 e. The quantitative estimate of drug-likeness (QED) is 0.681. The molecule has 1 heterocycles. The summed E-state index contributed by atoms with van der Waals surface area (Å²) in [6.45, 7) is 6.28. The molecule has 6 nitrogen and oxygen atoms in total. The van der Waals surface area contributed by atoms with Gasteiger partial charge in [-0.2, -0.15) is 0 Å². The van der Waals surface area contributed by atoms with Crippen LogP contribution >= 0.6 is 0 Å². The summed E-state index contributed by atoms with van der Waals surface area (Å²) < 4.78 is 11.5. The zero-order valence-corrected chi connectivity index (χ0v) is 18.5. The average Bonchev–Trinajstić information content (AvgIpc) is 2.75. The van der Waals surface area contributed by atoms with E-state index in [9.17, 15) is 5.11 Å². The molecular weight excluding hydrogens is 366 g/mol. The lowest BCUT2D eigenvalue weighted by atomic mass is 9.94. The van der Waals surface area contributed by atoms with Gasteiger partial charge in [0.2, 0.25) is 0 Å². The molecule has 0 aromatic heterocycles. The van der Waals surface area contributed by atoms with E-state index in [-0.39, 0.29) is 6.61 Å². The van der Waals surface area contributed by atoms with Gasteiger partial charge in [-0.3, -0.25) is 4.90 Å². The maximum absolute atomic E-state index is 10.4. The van der Waals surface area contributed by atoms with Gasteiger partial charge in [-0.05, 0) is 44.6 Å². The lowest BCUT2D eigenvalue weighted by molar-refractivity contribution is 0.0553. The molecule has 1 N–H and O–H groups in total. The van der Waals surface area contributed by atoms with Crippen molar-refractivity contribution < 1.29 is 14.6 Å². The minimum atomic E-state index is -0.503. The minimum absolute atomic E-state index is 0.283. The summed E-state index contributed by atoms with van der Waals surface area (Å²) in [5, 5.41) is 10.4. The Balaban J connectivity index is 1.48. The molecule has 1 aromatic carbocycles. The molecule has 2 fully saturated rings. The number of benzene rings is 1. The molecular formula is C23H39N3O3. The fourth-order valence-electron chi connectivity index (χ4n) is 4.44. The molecule has 3 rings (SSSR count). The van der Waals surface area contributed by atoms with Crippen LogP contribution < -0.4 is 9.47 Å². The molecule has 1 aliphatic heterocycles. The Kier molecular flexibility index (Phi) is 8.60. The van der Waals surface area contributed by atoms with Crippen molar-refractivity contribution in [2.75, 3.05) is 60.5 Å². The van der Waals surface area contributed by atoms with Crippen LogP contribution in [0.25, 0.3) is 0 Å². The summed E-state index contributed by atoms with van der Waals surface area (Å²) in [6, 6.07) is 6.74. The smallest absolute Gasteiger partial charge is 0.161 e. The molecule has 1 aliphatic carbocycles. The third-order valence-corrected chi connectivity index (χ3v) is 6.36. The van der Waals surface area contributed by atoms with Gasteiger partial charge in [-0.15, -0.1) is 0 Å². The Labute approximate surface area is 176 Å². The number of nitrogens with zero attached hydrogens (tertiary/aromatic N) is 3. The fourth-order valence-corrected chi connectivity index (χ4v) is 4.44. The van der Waals surface area contributed by atoms with E-state index >= 15 is 0 Å². The fraction of sp³-hybridized carbons (Fsp3) is 0.739. The number of likely N-dealkylation sites (N-methyl/N-ethyl adjacent to an activating group) is 2. The van der Waals surface area contributed by atoms with Crippen LogP contribution in [0.1, 0.15) is 37.7 Å². The SMILES string of the molecule is COc1cc(CN2CCN(C)CC2)ccc1OCC(O)CN(C)C1CCCCC1. The van der Waals surface area contributed by atoms with Crippen LogP contribution in [0.4, 0.5) is 0 Å². The summed E-state index contributed by atoms with van der Waals surface area (Å²) >= 11 is 0. The van der Waals surface area contributed by atoms with E-state index < -0.39 is 6.10 Å². The highest BCUT2D eigenvalue weighted by molar-refractivity contribution is 5.43. The van der Waals surface area contributed by atoms with E-state index in [2.05, 4.69) is 40.9 Å². The normalized spacial score (nSPS) is 20.7. The Morgan fingerprint density at radius 3 is 2.52 bits per heavy atom. The zero-order chi connectivity index (χ0) is 20.6. The van der Waals surface area contributed by atoms with Crippen molar-refractivity contribution in [3.05, 3.63) is 23.8 Å². The molecule has 1 saturated carbocycles. The van der Waals surface area contributed by atoms with E-state index in [4.69, 9.17) is 9.47 Å². The molecule has 29 heavy (non-hydrogen) atoms. The van der Waals surface area contributed by atoms with Gasteiger partial charge < -0.3 is 24.4 Å². The summed E-state index contributed by atoms with van der Waals surface area (Å²) in [5.41, 5.74) is 1.23. The second-order valence-corrected chi connectivity index (χ2v) is 8.76. The number of hydrogen-bond donors (Lipinski definition) is 1. The number of methoxy groups -OCH3 is 1. The molecule has 1 aromatic rings. The summed E-state index contributed by atoms with van der Waals surface area (Å²) in [4.78, 5) is 7.13. The van der Waals surface area contributed by atoms with Crippen molar-refractivity contribution in [1.82, 2.24) is 14.7 Å². The topological polar surface area (TPSA) is 48.4 Å². The highest BCUT2D eigenvalue weighted by Gasteiger charge is 2.21. The third kappa shape index (κ3) is 6.85. The average molecular weight is 406 g/mol. The summed E-state index contributed by atoms with van der Waals surface area (Å²) in [6.07, 6.45) is 5.94. The number of aliphatic hydroxyl groups excluding tert-OH is 1. The largest absolute Gasteiger partial charge is 0.493 e. The first kappa shape index (κ1) is 22.3. The highest BCUT2D eigenvalue weighted by Crippen LogP contribution is 2.29. The molecule has 164 valence electrons.